The maximum absolute atomic E-state index is 14.0. The van der Waals surface area contributed by atoms with Crippen LogP contribution in [0.2, 0.25) is 0 Å². The smallest absolute Gasteiger partial charge is 0.259 e. The van der Waals surface area contributed by atoms with E-state index in [2.05, 4.69) is 17.9 Å². The first kappa shape index (κ1) is 39.6. The molecular formula is C48H47N3O8S. The van der Waals surface area contributed by atoms with Crippen molar-refractivity contribution < 1.29 is 38.8 Å². The molecule has 60 heavy (non-hydrogen) atoms. The standard InChI is InChI=1S/C48H47N3O8S/c1-26-13-34-31(19-40(52)38-17-29-9-5-7-11-36(29)50(38)45(34)54)21-42(26)58-24-27-14-28(16-33(15-27)49-47(56)48(2,3)60)25-59-44-22-32-20-41(53)39-18-30-10-6-8-12-37(30)51(39)46(55)35(32)23-43(44)57-4/h5-16,21-23,38-41,52-53,60H,17-20,24-25H2,1-4H3,(H,49,56)/t38-,39-,40?,41?/m0/s1. The summed E-state index contributed by atoms with van der Waals surface area (Å²) in [5.41, 5.74) is 8.89. The van der Waals surface area contributed by atoms with Crippen molar-refractivity contribution in [3.63, 3.8) is 0 Å². The Hall–Kier alpha value is -5.82. The van der Waals surface area contributed by atoms with Gasteiger partial charge in [0.2, 0.25) is 5.91 Å². The van der Waals surface area contributed by atoms with E-state index in [0.717, 1.165) is 44.8 Å². The molecule has 4 aliphatic heterocycles. The maximum Gasteiger partial charge on any atom is 0.259 e. The average molecular weight is 826 g/mol. The van der Waals surface area contributed by atoms with Crippen molar-refractivity contribution in [1.29, 1.82) is 0 Å². The number of aliphatic hydroxyl groups is 2. The number of anilines is 3. The second kappa shape index (κ2) is 15.3. The van der Waals surface area contributed by atoms with E-state index in [1.165, 1.54) is 7.11 Å². The van der Waals surface area contributed by atoms with Gasteiger partial charge in [0.1, 0.15) is 19.0 Å². The van der Waals surface area contributed by atoms with Gasteiger partial charge in [-0.2, -0.15) is 12.6 Å². The quantitative estimate of drug-likeness (QED) is 0.119. The normalized spacial score (nSPS) is 20.2. The van der Waals surface area contributed by atoms with E-state index in [1.54, 1.807) is 35.8 Å². The van der Waals surface area contributed by atoms with Crippen LogP contribution in [0.25, 0.3) is 0 Å². The SMILES string of the molecule is COc1cc2c(cc1OCc1cc(COc3cc4c(cc3C)C(=O)N3c5ccccc5C[C@H]3C(O)C4)cc(NC(=O)C(C)(C)S)c1)CC(O)[C@@H]1Cc3ccccc3N1C2=O. The molecule has 0 fully saturated rings. The lowest BCUT2D eigenvalue weighted by atomic mass is 9.96. The minimum Gasteiger partial charge on any atom is -0.493 e. The van der Waals surface area contributed by atoms with Gasteiger partial charge < -0.3 is 39.5 Å². The monoisotopic (exact) mass is 825 g/mol. The van der Waals surface area contributed by atoms with Gasteiger partial charge in [0.05, 0.1) is 36.1 Å². The number of fused-ring (bicyclic) bond motifs is 8. The number of thiol groups is 1. The van der Waals surface area contributed by atoms with Crippen LogP contribution in [0.4, 0.5) is 17.1 Å². The second-order valence-electron chi connectivity index (χ2n) is 16.8. The fourth-order valence-corrected chi connectivity index (χ4v) is 9.11. The Morgan fingerprint density at radius 3 is 1.73 bits per heavy atom. The van der Waals surface area contributed by atoms with E-state index >= 15 is 0 Å². The van der Waals surface area contributed by atoms with Crippen molar-refractivity contribution in [1.82, 2.24) is 0 Å². The van der Waals surface area contributed by atoms with Crippen LogP contribution in [0.5, 0.6) is 17.2 Å². The molecule has 5 aromatic rings. The first-order valence-electron chi connectivity index (χ1n) is 20.2. The fourth-order valence-electron chi connectivity index (χ4n) is 9.05. The third-order valence-corrected chi connectivity index (χ3v) is 12.3. The zero-order valence-electron chi connectivity index (χ0n) is 33.9. The number of hydrogen-bond acceptors (Lipinski definition) is 9. The average Bonchev–Trinajstić information content (AvgIpc) is 3.77. The Balaban J connectivity index is 0.973. The Bertz CT molecular complexity index is 2570. The zero-order valence-corrected chi connectivity index (χ0v) is 34.8. The molecule has 11 nitrogen and oxygen atoms in total. The van der Waals surface area contributed by atoms with Crippen molar-refractivity contribution in [2.45, 2.75) is 88.7 Å². The summed E-state index contributed by atoms with van der Waals surface area (Å²) in [6, 6.07) is 27.6. The largest absolute Gasteiger partial charge is 0.493 e. The van der Waals surface area contributed by atoms with Crippen LogP contribution < -0.4 is 29.3 Å². The molecule has 2 unspecified atom stereocenters. The van der Waals surface area contributed by atoms with Gasteiger partial charge >= 0.3 is 0 Å². The van der Waals surface area contributed by atoms with Gasteiger partial charge in [-0.25, -0.2) is 0 Å². The summed E-state index contributed by atoms with van der Waals surface area (Å²) in [7, 11) is 1.52. The number of rotatable bonds is 9. The molecular weight excluding hydrogens is 779 g/mol. The van der Waals surface area contributed by atoms with Crippen molar-refractivity contribution in [3.8, 4) is 17.2 Å². The number of nitrogens with zero attached hydrogens (tertiary/aromatic N) is 2. The number of amides is 3. The van der Waals surface area contributed by atoms with Gasteiger partial charge in [-0.1, -0.05) is 36.4 Å². The molecule has 0 saturated heterocycles. The minimum absolute atomic E-state index is 0.0768. The lowest BCUT2D eigenvalue weighted by molar-refractivity contribution is -0.117. The summed E-state index contributed by atoms with van der Waals surface area (Å²) >= 11 is 4.47. The number of aryl methyl sites for hydroxylation is 1. The van der Waals surface area contributed by atoms with E-state index in [4.69, 9.17) is 14.2 Å². The van der Waals surface area contributed by atoms with Gasteiger partial charge in [0, 0.05) is 41.0 Å². The van der Waals surface area contributed by atoms with Crippen molar-refractivity contribution >= 4 is 47.4 Å². The van der Waals surface area contributed by atoms with Crippen LogP contribution in [0.1, 0.15) is 73.5 Å². The zero-order chi connectivity index (χ0) is 42.0. The number of methoxy groups -OCH3 is 1. The lowest BCUT2D eigenvalue weighted by Gasteiger charge is -2.26. The summed E-state index contributed by atoms with van der Waals surface area (Å²) in [5.74, 6) is 0.743. The molecule has 9 rings (SSSR count). The molecule has 0 saturated carbocycles. The lowest BCUT2D eigenvalue weighted by Crippen LogP contribution is -2.43. The van der Waals surface area contributed by atoms with Gasteiger partial charge in [0.15, 0.2) is 11.5 Å². The number of benzene rings is 5. The molecule has 0 spiro atoms. The molecule has 0 radical (unpaired) electrons. The van der Waals surface area contributed by atoms with E-state index in [-0.39, 0.29) is 49.4 Å². The topological polar surface area (TPSA) is 138 Å². The molecule has 0 aliphatic carbocycles. The molecule has 308 valence electrons. The highest BCUT2D eigenvalue weighted by molar-refractivity contribution is 7.82. The highest BCUT2D eigenvalue weighted by Gasteiger charge is 2.43. The summed E-state index contributed by atoms with van der Waals surface area (Å²) in [6.45, 7) is 5.52. The number of nitrogens with one attached hydrogen (secondary N) is 1. The van der Waals surface area contributed by atoms with Gasteiger partial charge in [0.25, 0.3) is 11.8 Å². The van der Waals surface area contributed by atoms with E-state index in [9.17, 15) is 24.6 Å². The second-order valence-corrected chi connectivity index (χ2v) is 17.9. The van der Waals surface area contributed by atoms with E-state index < -0.39 is 17.0 Å². The molecule has 3 amide bonds. The van der Waals surface area contributed by atoms with Crippen LogP contribution >= 0.6 is 12.6 Å². The molecule has 5 aromatic carbocycles. The maximum atomic E-state index is 14.0. The number of hydrogen-bond donors (Lipinski definition) is 4. The van der Waals surface area contributed by atoms with Crippen LogP contribution in [-0.2, 0) is 43.7 Å². The molecule has 4 atom stereocenters. The third kappa shape index (κ3) is 7.16. The number of para-hydroxylation sites is 2. The van der Waals surface area contributed by atoms with Crippen LogP contribution in [0.3, 0.4) is 0 Å². The minimum atomic E-state index is -0.949. The predicted molar refractivity (Wildman–Crippen MR) is 232 cm³/mol. The van der Waals surface area contributed by atoms with Gasteiger partial charge in [-0.3, -0.25) is 14.4 Å². The highest BCUT2D eigenvalue weighted by atomic mass is 32.1. The van der Waals surface area contributed by atoms with Gasteiger partial charge in [-0.15, -0.1) is 0 Å². The molecule has 4 aliphatic rings. The van der Waals surface area contributed by atoms with Gasteiger partial charge in [-0.05, 0) is 127 Å². The summed E-state index contributed by atoms with van der Waals surface area (Å²) in [6.07, 6.45) is 0.203. The van der Waals surface area contributed by atoms with Crippen molar-refractivity contribution in [2.24, 2.45) is 0 Å². The fraction of sp³-hybridized carbons (Fsp3) is 0.312. The Kier molecular flexibility index (Phi) is 10.1. The molecule has 0 bridgehead atoms. The van der Waals surface area contributed by atoms with Crippen molar-refractivity contribution in [2.75, 3.05) is 22.2 Å². The summed E-state index contributed by atoms with van der Waals surface area (Å²) in [4.78, 5) is 44.6. The summed E-state index contributed by atoms with van der Waals surface area (Å²) < 4.78 is 17.6. The first-order chi connectivity index (χ1) is 28.8. The Labute approximate surface area is 354 Å². The van der Waals surface area contributed by atoms with Crippen LogP contribution in [0, 0.1) is 6.92 Å². The number of aliphatic hydroxyl groups excluding tert-OH is 2. The van der Waals surface area contributed by atoms with E-state index in [0.29, 0.717) is 58.9 Å². The summed E-state index contributed by atoms with van der Waals surface area (Å²) in [5, 5.41) is 25.7. The number of ether oxygens (including phenoxy) is 3. The van der Waals surface area contributed by atoms with Crippen LogP contribution in [-0.4, -0.2) is 64.1 Å². The van der Waals surface area contributed by atoms with E-state index in [1.807, 2.05) is 85.8 Å². The molecule has 3 N–H and O–H groups in total. The predicted octanol–water partition coefficient (Wildman–Crippen LogP) is 6.79. The number of carbonyl (C=O) groups is 3. The highest BCUT2D eigenvalue weighted by Crippen LogP contribution is 2.42. The Morgan fingerprint density at radius 2 is 1.20 bits per heavy atom. The Morgan fingerprint density at radius 1 is 0.700 bits per heavy atom. The van der Waals surface area contributed by atoms with Crippen LogP contribution in [0.15, 0.2) is 91.0 Å². The molecule has 4 heterocycles. The first-order valence-corrected chi connectivity index (χ1v) is 20.7. The molecule has 12 heteroatoms. The number of carbonyl (C=O) groups excluding carboxylic acids is 3. The molecule has 0 aromatic heterocycles. The van der Waals surface area contributed by atoms with Crippen molar-refractivity contribution in [3.05, 3.63) is 141 Å². The third-order valence-electron chi connectivity index (χ3n) is 12.1.